The highest BCUT2D eigenvalue weighted by atomic mass is 32.2. The number of anilines is 1. The fourth-order valence-corrected chi connectivity index (χ4v) is 6.91. The van der Waals surface area contributed by atoms with E-state index >= 15 is 0 Å². The summed E-state index contributed by atoms with van der Waals surface area (Å²) >= 11 is 1.80. The molecule has 1 aliphatic heterocycles. The molecule has 48 heavy (non-hydrogen) atoms. The lowest BCUT2D eigenvalue weighted by Gasteiger charge is -2.21. The van der Waals surface area contributed by atoms with E-state index in [2.05, 4.69) is 125 Å². The molecule has 0 spiro atoms. The van der Waals surface area contributed by atoms with Gasteiger partial charge in [0.15, 0.2) is 12.7 Å². The normalized spacial score (nSPS) is 13.5. The summed E-state index contributed by atoms with van der Waals surface area (Å²) in [6.07, 6.45) is 12.9. The van der Waals surface area contributed by atoms with Crippen LogP contribution in [0.4, 0.5) is 5.69 Å². The molecule has 5 heteroatoms. The van der Waals surface area contributed by atoms with E-state index in [4.69, 9.17) is 9.47 Å². The van der Waals surface area contributed by atoms with Gasteiger partial charge in [0.1, 0.15) is 24.7 Å². The minimum Gasteiger partial charge on any atom is -0.492 e. The number of benzene rings is 5. The summed E-state index contributed by atoms with van der Waals surface area (Å²) in [6.45, 7) is 2.71. The molecule has 0 unspecified atom stereocenters. The number of rotatable bonds is 12. The monoisotopic (exact) mass is 645 g/mol. The number of pyridine rings is 1. The van der Waals surface area contributed by atoms with E-state index in [1.54, 1.807) is 11.8 Å². The van der Waals surface area contributed by atoms with Crippen molar-refractivity contribution in [3.63, 3.8) is 0 Å². The van der Waals surface area contributed by atoms with Gasteiger partial charge in [-0.2, -0.15) is 4.57 Å². The van der Waals surface area contributed by atoms with Gasteiger partial charge < -0.3 is 14.4 Å². The van der Waals surface area contributed by atoms with Crippen LogP contribution in [0.25, 0.3) is 28.1 Å². The predicted molar refractivity (Wildman–Crippen MR) is 199 cm³/mol. The van der Waals surface area contributed by atoms with Crippen molar-refractivity contribution in [2.24, 2.45) is 0 Å². The Labute approximate surface area is 286 Å². The predicted octanol–water partition coefficient (Wildman–Crippen LogP) is 9.98. The highest BCUT2D eigenvalue weighted by Crippen LogP contribution is 2.47. The first kappa shape index (κ1) is 31.1. The average Bonchev–Trinajstić information content (AvgIpc) is 3.49. The molecular weight excluding hydrogens is 609 g/mol. The average molecular weight is 646 g/mol. The number of para-hydroxylation sites is 3. The Morgan fingerprint density at radius 2 is 1.31 bits per heavy atom. The summed E-state index contributed by atoms with van der Waals surface area (Å²) in [4.78, 5) is 3.62. The standard InChI is InChI=1S/C43H37N2O2S/c1-5-15-34(16-6-1)36-25-26-42-41(33-36)45(30-32-47-38-20-10-4-11-21-38)43(48-42)24-12-2-7-17-35-27-28-44(40-23-14-13-22-39(35)40)29-31-46-37-18-8-3-9-19-37/h1-28,33H,29-32H2/q+1. The third kappa shape index (κ3) is 7.54. The van der Waals surface area contributed by atoms with Crippen LogP contribution in [-0.4, -0.2) is 19.8 Å². The van der Waals surface area contributed by atoms with Crippen molar-refractivity contribution < 1.29 is 14.0 Å². The second kappa shape index (κ2) is 15.4. The fourth-order valence-electron chi connectivity index (χ4n) is 5.83. The second-order valence-corrected chi connectivity index (χ2v) is 12.4. The molecule has 236 valence electrons. The summed E-state index contributed by atoms with van der Waals surface area (Å²) in [5.41, 5.74) is 6.01. The summed E-state index contributed by atoms with van der Waals surface area (Å²) in [5.74, 6) is 1.78. The van der Waals surface area contributed by atoms with Crippen LogP contribution in [0, 0.1) is 0 Å². The molecule has 0 aliphatic carbocycles. The minimum atomic E-state index is 0.583. The molecule has 0 bridgehead atoms. The SMILES string of the molecule is C(=CC=C1Sc2ccc(-c3ccccc3)cc2N1CCOc1ccccc1)C=Cc1cc[n+](CCOc2ccccc2)c2ccccc12. The van der Waals surface area contributed by atoms with Gasteiger partial charge in [0.05, 0.1) is 22.6 Å². The fraction of sp³-hybridized carbons (Fsp3) is 0.0930. The molecule has 7 rings (SSSR count). The van der Waals surface area contributed by atoms with Gasteiger partial charge in [-0.15, -0.1) is 0 Å². The molecule has 2 heterocycles. The Morgan fingerprint density at radius 3 is 2.08 bits per heavy atom. The molecule has 0 N–H and O–H groups in total. The Kier molecular flexibility index (Phi) is 9.96. The van der Waals surface area contributed by atoms with Gasteiger partial charge in [-0.1, -0.05) is 121 Å². The molecule has 0 amide bonds. The number of hydrogen-bond donors (Lipinski definition) is 0. The Hall–Kier alpha value is -5.52. The van der Waals surface area contributed by atoms with Gasteiger partial charge >= 0.3 is 0 Å². The van der Waals surface area contributed by atoms with Crippen LogP contribution in [0.3, 0.4) is 0 Å². The first-order chi connectivity index (χ1) is 23.8. The topological polar surface area (TPSA) is 25.6 Å². The molecule has 1 aromatic heterocycles. The zero-order valence-corrected chi connectivity index (χ0v) is 27.5. The van der Waals surface area contributed by atoms with E-state index in [1.807, 2.05) is 60.7 Å². The number of aromatic nitrogens is 1. The van der Waals surface area contributed by atoms with Crippen molar-refractivity contribution in [3.8, 4) is 22.6 Å². The second-order valence-electron chi connectivity index (χ2n) is 11.4. The van der Waals surface area contributed by atoms with Crippen LogP contribution in [0.15, 0.2) is 180 Å². The Morgan fingerprint density at radius 1 is 0.625 bits per heavy atom. The van der Waals surface area contributed by atoms with Crippen LogP contribution < -0.4 is 18.9 Å². The number of nitrogens with zero attached hydrogens (tertiary/aromatic N) is 2. The lowest BCUT2D eigenvalue weighted by molar-refractivity contribution is -0.672. The van der Waals surface area contributed by atoms with E-state index in [-0.39, 0.29) is 0 Å². The first-order valence-corrected chi connectivity index (χ1v) is 17.1. The third-order valence-corrected chi connectivity index (χ3v) is 9.33. The lowest BCUT2D eigenvalue weighted by Crippen LogP contribution is -2.37. The summed E-state index contributed by atoms with van der Waals surface area (Å²) in [6, 6.07) is 48.0. The van der Waals surface area contributed by atoms with Crippen LogP contribution >= 0.6 is 11.8 Å². The van der Waals surface area contributed by atoms with Gasteiger partial charge in [0.2, 0.25) is 5.52 Å². The molecule has 0 radical (unpaired) electrons. The van der Waals surface area contributed by atoms with Crippen molar-refractivity contribution in [3.05, 3.63) is 181 Å². The van der Waals surface area contributed by atoms with Crippen molar-refractivity contribution in [1.82, 2.24) is 0 Å². The van der Waals surface area contributed by atoms with E-state index in [9.17, 15) is 0 Å². The van der Waals surface area contributed by atoms with Crippen LogP contribution in [-0.2, 0) is 6.54 Å². The van der Waals surface area contributed by atoms with Crippen molar-refractivity contribution in [2.45, 2.75) is 11.4 Å². The van der Waals surface area contributed by atoms with Gasteiger partial charge in [-0.05, 0) is 65.2 Å². The molecule has 0 saturated heterocycles. The van der Waals surface area contributed by atoms with Gasteiger partial charge in [-0.25, -0.2) is 0 Å². The zero-order chi connectivity index (χ0) is 32.4. The molecule has 5 aromatic carbocycles. The van der Waals surface area contributed by atoms with E-state index in [0.29, 0.717) is 13.2 Å². The Bertz CT molecular complexity index is 2060. The molecular formula is C43H37N2O2S+. The number of ether oxygens (including phenoxy) is 2. The number of thioether (sulfide) groups is 1. The maximum absolute atomic E-state index is 6.11. The number of hydrogen-bond acceptors (Lipinski definition) is 4. The van der Waals surface area contributed by atoms with Crippen molar-refractivity contribution in [1.29, 1.82) is 0 Å². The number of fused-ring (bicyclic) bond motifs is 2. The smallest absolute Gasteiger partial charge is 0.213 e. The molecule has 0 atom stereocenters. The Balaban J connectivity index is 1.06. The van der Waals surface area contributed by atoms with Gasteiger partial charge in [0, 0.05) is 17.0 Å². The molecule has 1 aliphatic rings. The maximum Gasteiger partial charge on any atom is 0.213 e. The van der Waals surface area contributed by atoms with Crippen LogP contribution in [0.5, 0.6) is 11.5 Å². The number of allylic oxidation sites excluding steroid dienone is 4. The first-order valence-electron chi connectivity index (χ1n) is 16.3. The van der Waals surface area contributed by atoms with Crippen molar-refractivity contribution in [2.75, 3.05) is 24.7 Å². The van der Waals surface area contributed by atoms with E-state index < -0.39 is 0 Å². The van der Waals surface area contributed by atoms with E-state index in [0.717, 1.165) is 24.6 Å². The quantitative estimate of drug-likeness (QED) is 0.0977. The highest BCUT2D eigenvalue weighted by molar-refractivity contribution is 8.03. The maximum atomic E-state index is 6.11. The molecule has 0 fully saturated rings. The van der Waals surface area contributed by atoms with Crippen LogP contribution in [0.1, 0.15) is 5.56 Å². The van der Waals surface area contributed by atoms with Crippen LogP contribution in [0.2, 0.25) is 0 Å². The lowest BCUT2D eigenvalue weighted by atomic mass is 10.0. The van der Waals surface area contributed by atoms with Gasteiger partial charge in [-0.3, -0.25) is 0 Å². The largest absolute Gasteiger partial charge is 0.492 e. The highest BCUT2D eigenvalue weighted by Gasteiger charge is 2.25. The third-order valence-electron chi connectivity index (χ3n) is 8.20. The van der Waals surface area contributed by atoms with Gasteiger partial charge in [0.25, 0.3) is 0 Å². The summed E-state index contributed by atoms with van der Waals surface area (Å²) in [7, 11) is 0. The summed E-state index contributed by atoms with van der Waals surface area (Å²) < 4.78 is 14.3. The minimum absolute atomic E-state index is 0.583. The molecule has 4 nitrogen and oxygen atoms in total. The van der Waals surface area contributed by atoms with E-state index in [1.165, 1.54) is 43.2 Å². The summed E-state index contributed by atoms with van der Waals surface area (Å²) in [5, 5.41) is 2.39. The molecule has 0 saturated carbocycles. The van der Waals surface area contributed by atoms with Crippen molar-refractivity contribution >= 4 is 34.4 Å². The zero-order valence-electron chi connectivity index (χ0n) is 26.7. The molecule has 6 aromatic rings.